The average Bonchev–Trinajstić information content (AvgIpc) is 2.38. The molecular weight excluding hydrogens is 232 g/mol. The molecule has 2 heteroatoms. The lowest BCUT2D eigenvalue weighted by Crippen LogP contribution is -2.45. The summed E-state index contributed by atoms with van der Waals surface area (Å²) >= 11 is 0. The van der Waals surface area contributed by atoms with Crippen molar-refractivity contribution in [3.8, 4) is 0 Å². The van der Waals surface area contributed by atoms with Gasteiger partial charge in [-0.3, -0.25) is 0 Å². The summed E-state index contributed by atoms with van der Waals surface area (Å²) in [6, 6.07) is 1.51. The topological polar surface area (TPSA) is 15.3 Å². The zero-order chi connectivity index (χ0) is 14.1. The predicted molar refractivity (Wildman–Crippen MR) is 85.7 cm³/mol. The molecule has 0 aromatic rings. The number of nitrogens with one attached hydrogen (secondary N) is 1. The van der Waals surface area contributed by atoms with E-state index >= 15 is 0 Å². The minimum atomic E-state index is 0.724. The van der Waals surface area contributed by atoms with E-state index in [-0.39, 0.29) is 0 Å². The van der Waals surface area contributed by atoms with Gasteiger partial charge in [0.2, 0.25) is 0 Å². The summed E-state index contributed by atoms with van der Waals surface area (Å²) in [5.74, 6) is 0.879. The van der Waals surface area contributed by atoms with Crippen LogP contribution in [0.15, 0.2) is 0 Å². The Morgan fingerprint density at radius 3 is 2.16 bits per heavy atom. The van der Waals surface area contributed by atoms with Gasteiger partial charge in [0.15, 0.2) is 0 Å². The van der Waals surface area contributed by atoms with Crippen molar-refractivity contribution in [2.75, 3.05) is 19.6 Å². The molecule has 0 saturated carbocycles. The molecule has 19 heavy (non-hydrogen) atoms. The minimum Gasteiger partial charge on any atom is -0.314 e. The highest BCUT2D eigenvalue weighted by atomic mass is 15.2. The second-order valence-electron chi connectivity index (χ2n) is 6.95. The molecule has 0 radical (unpaired) electrons. The van der Waals surface area contributed by atoms with Crippen LogP contribution in [0, 0.1) is 5.92 Å². The standard InChI is InChI=1S/C17H36N2/c1-15(2)9-7-5-6-8-12-18-17-10-13-19(14-11-17)16(3)4/h15-18H,5-14H2,1-4H3. The largest absolute Gasteiger partial charge is 0.314 e. The molecule has 114 valence electrons. The smallest absolute Gasteiger partial charge is 0.00914 e. The van der Waals surface area contributed by atoms with Gasteiger partial charge >= 0.3 is 0 Å². The van der Waals surface area contributed by atoms with Crippen molar-refractivity contribution in [1.82, 2.24) is 10.2 Å². The molecule has 1 aliphatic rings. The first-order valence-corrected chi connectivity index (χ1v) is 8.57. The fraction of sp³-hybridized carbons (Fsp3) is 1.00. The summed E-state index contributed by atoms with van der Waals surface area (Å²) in [6.45, 7) is 13.1. The SMILES string of the molecule is CC(C)CCCCCCNC1CCN(C(C)C)CC1. The average molecular weight is 268 g/mol. The monoisotopic (exact) mass is 268 g/mol. The van der Waals surface area contributed by atoms with Crippen molar-refractivity contribution in [2.45, 2.75) is 84.7 Å². The van der Waals surface area contributed by atoms with Gasteiger partial charge in [0.1, 0.15) is 0 Å². The van der Waals surface area contributed by atoms with Crippen LogP contribution >= 0.6 is 0 Å². The predicted octanol–water partition coefficient (Wildman–Crippen LogP) is 4.06. The maximum atomic E-state index is 3.75. The van der Waals surface area contributed by atoms with E-state index < -0.39 is 0 Å². The Morgan fingerprint density at radius 2 is 1.58 bits per heavy atom. The molecule has 1 N–H and O–H groups in total. The number of rotatable bonds is 9. The molecule has 0 atom stereocenters. The van der Waals surface area contributed by atoms with Crippen LogP contribution in [0.5, 0.6) is 0 Å². The van der Waals surface area contributed by atoms with Gasteiger partial charge in [0, 0.05) is 12.1 Å². The number of likely N-dealkylation sites (tertiary alicyclic amines) is 1. The van der Waals surface area contributed by atoms with Gasteiger partial charge in [-0.25, -0.2) is 0 Å². The van der Waals surface area contributed by atoms with Gasteiger partial charge in [0.25, 0.3) is 0 Å². The van der Waals surface area contributed by atoms with Gasteiger partial charge in [-0.15, -0.1) is 0 Å². The molecule has 1 heterocycles. The molecule has 0 spiro atoms. The molecule has 1 rings (SSSR count). The van der Waals surface area contributed by atoms with Crippen LogP contribution in [0.1, 0.15) is 72.6 Å². The summed E-state index contributed by atoms with van der Waals surface area (Å²) in [6.07, 6.45) is 9.70. The van der Waals surface area contributed by atoms with E-state index in [9.17, 15) is 0 Å². The molecule has 0 aromatic heterocycles. The quantitative estimate of drug-likeness (QED) is 0.635. The Hall–Kier alpha value is -0.0800. The molecule has 2 nitrogen and oxygen atoms in total. The van der Waals surface area contributed by atoms with E-state index in [1.807, 2.05) is 0 Å². The Labute approximate surface area is 121 Å². The Balaban J connectivity index is 1.91. The van der Waals surface area contributed by atoms with E-state index in [1.54, 1.807) is 0 Å². The molecule has 1 aliphatic heterocycles. The van der Waals surface area contributed by atoms with Gasteiger partial charge < -0.3 is 10.2 Å². The maximum absolute atomic E-state index is 3.75. The van der Waals surface area contributed by atoms with Crippen LogP contribution in [-0.4, -0.2) is 36.6 Å². The van der Waals surface area contributed by atoms with E-state index in [0.717, 1.165) is 18.0 Å². The van der Waals surface area contributed by atoms with Crippen LogP contribution in [0.25, 0.3) is 0 Å². The lowest BCUT2D eigenvalue weighted by atomic mass is 10.0. The Kier molecular flexibility index (Phi) is 8.72. The summed E-state index contributed by atoms with van der Waals surface area (Å²) < 4.78 is 0. The van der Waals surface area contributed by atoms with Gasteiger partial charge in [-0.1, -0.05) is 39.5 Å². The number of hydrogen-bond acceptors (Lipinski definition) is 2. The highest BCUT2D eigenvalue weighted by Gasteiger charge is 2.19. The molecule has 1 fully saturated rings. The first kappa shape index (κ1) is 17.0. The number of piperidine rings is 1. The second-order valence-corrected chi connectivity index (χ2v) is 6.95. The highest BCUT2D eigenvalue weighted by Crippen LogP contribution is 2.13. The summed E-state index contributed by atoms with van der Waals surface area (Å²) in [5, 5.41) is 3.75. The first-order valence-electron chi connectivity index (χ1n) is 8.57. The van der Waals surface area contributed by atoms with E-state index in [0.29, 0.717) is 0 Å². The lowest BCUT2D eigenvalue weighted by molar-refractivity contribution is 0.161. The van der Waals surface area contributed by atoms with Crippen LogP contribution in [0.4, 0.5) is 0 Å². The first-order chi connectivity index (χ1) is 9.09. The third kappa shape index (κ3) is 7.94. The normalized spacial score (nSPS) is 18.6. The third-order valence-corrected chi connectivity index (χ3v) is 4.40. The molecule has 0 aromatic carbocycles. The van der Waals surface area contributed by atoms with Gasteiger partial charge in [0.05, 0.1) is 0 Å². The van der Waals surface area contributed by atoms with Crippen molar-refractivity contribution in [3.63, 3.8) is 0 Å². The third-order valence-electron chi connectivity index (χ3n) is 4.40. The Morgan fingerprint density at radius 1 is 0.947 bits per heavy atom. The number of nitrogens with zero attached hydrogens (tertiary/aromatic N) is 1. The zero-order valence-electron chi connectivity index (χ0n) is 13.8. The maximum Gasteiger partial charge on any atom is 0.00914 e. The van der Waals surface area contributed by atoms with E-state index in [2.05, 4.69) is 37.9 Å². The van der Waals surface area contributed by atoms with Crippen molar-refractivity contribution < 1.29 is 0 Å². The number of hydrogen-bond donors (Lipinski definition) is 1. The summed E-state index contributed by atoms with van der Waals surface area (Å²) in [5.41, 5.74) is 0. The van der Waals surface area contributed by atoms with Gasteiger partial charge in [-0.05, 0) is 58.7 Å². The van der Waals surface area contributed by atoms with Gasteiger partial charge in [-0.2, -0.15) is 0 Å². The second kappa shape index (κ2) is 9.77. The van der Waals surface area contributed by atoms with E-state index in [4.69, 9.17) is 0 Å². The fourth-order valence-electron chi connectivity index (χ4n) is 2.96. The van der Waals surface area contributed by atoms with Crippen LogP contribution in [0.2, 0.25) is 0 Å². The fourth-order valence-corrected chi connectivity index (χ4v) is 2.96. The zero-order valence-corrected chi connectivity index (χ0v) is 13.8. The van der Waals surface area contributed by atoms with Crippen molar-refractivity contribution in [1.29, 1.82) is 0 Å². The highest BCUT2D eigenvalue weighted by molar-refractivity contribution is 4.78. The molecule has 0 unspecified atom stereocenters. The van der Waals surface area contributed by atoms with Crippen LogP contribution in [-0.2, 0) is 0 Å². The van der Waals surface area contributed by atoms with Crippen molar-refractivity contribution in [3.05, 3.63) is 0 Å². The summed E-state index contributed by atoms with van der Waals surface area (Å²) in [4.78, 5) is 2.60. The van der Waals surface area contributed by atoms with Crippen LogP contribution < -0.4 is 5.32 Å². The van der Waals surface area contributed by atoms with Crippen molar-refractivity contribution in [2.24, 2.45) is 5.92 Å². The molecule has 1 saturated heterocycles. The molecule has 0 amide bonds. The lowest BCUT2D eigenvalue weighted by Gasteiger charge is -2.35. The van der Waals surface area contributed by atoms with Crippen molar-refractivity contribution >= 4 is 0 Å². The minimum absolute atomic E-state index is 0.724. The molecule has 0 aliphatic carbocycles. The van der Waals surface area contributed by atoms with Crippen LogP contribution in [0.3, 0.4) is 0 Å². The van der Waals surface area contributed by atoms with E-state index in [1.165, 1.54) is 64.6 Å². The molecule has 0 bridgehead atoms. The number of unbranched alkanes of at least 4 members (excludes halogenated alkanes) is 3. The molecular formula is C17H36N2. The summed E-state index contributed by atoms with van der Waals surface area (Å²) in [7, 11) is 0. The Bertz CT molecular complexity index is 205.